The summed E-state index contributed by atoms with van der Waals surface area (Å²) in [6.07, 6.45) is 6.01. The van der Waals surface area contributed by atoms with E-state index < -0.39 is 36.2 Å². The molecular weight excluding hydrogens is 264 g/mol. The fourth-order valence-corrected chi connectivity index (χ4v) is 1.94. The largest absolute Gasteiger partial charge is 0.481 e. The zero-order valence-electron chi connectivity index (χ0n) is 11.7. The van der Waals surface area contributed by atoms with Gasteiger partial charge < -0.3 is 15.3 Å². The zero-order valence-corrected chi connectivity index (χ0v) is 11.7. The van der Waals surface area contributed by atoms with Gasteiger partial charge in [-0.15, -0.1) is 0 Å². The SMILES string of the molecule is CCCCCCC=CC(CC(=O)O)(CC(=O)O)C(=O)O. The van der Waals surface area contributed by atoms with Crippen LogP contribution in [0.5, 0.6) is 0 Å². The van der Waals surface area contributed by atoms with Crippen LogP contribution >= 0.6 is 0 Å². The van der Waals surface area contributed by atoms with Crippen molar-refractivity contribution in [1.82, 2.24) is 0 Å². The van der Waals surface area contributed by atoms with Crippen LogP contribution in [0, 0.1) is 5.41 Å². The molecule has 0 radical (unpaired) electrons. The van der Waals surface area contributed by atoms with Crippen molar-refractivity contribution in [3.63, 3.8) is 0 Å². The maximum atomic E-state index is 11.3. The first-order valence-corrected chi connectivity index (χ1v) is 6.68. The average Bonchev–Trinajstić information content (AvgIpc) is 2.31. The molecular formula is C14H22O6. The number of allylic oxidation sites excluding steroid dienone is 1. The second-order valence-electron chi connectivity index (χ2n) is 4.85. The molecule has 0 aromatic carbocycles. The van der Waals surface area contributed by atoms with Crippen molar-refractivity contribution in [2.45, 2.75) is 51.9 Å². The van der Waals surface area contributed by atoms with E-state index in [1.165, 1.54) is 6.08 Å². The van der Waals surface area contributed by atoms with Gasteiger partial charge in [0.25, 0.3) is 0 Å². The molecule has 0 fully saturated rings. The molecule has 0 bridgehead atoms. The normalized spacial score (nSPS) is 11.7. The van der Waals surface area contributed by atoms with E-state index in [2.05, 4.69) is 6.92 Å². The van der Waals surface area contributed by atoms with Gasteiger partial charge >= 0.3 is 17.9 Å². The first kappa shape index (κ1) is 18.1. The molecule has 0 rings (SSSR count). The van der Waals surface area contributed by atoms with E-state index in [0.29, 0.717) is 6.42 Å². The monoisotopic (exact) mass is 286 g/mol. The minimum Gasteiger partial charge on any atom is -0.481 e. The molecule has 0 unspecified atom stereocenters. The number of hydrogen-bond donors (Lipinski definition) is 3. The maximum Gasteiger partial charge on any atom is 0.314 e. The summed E-state index contributed by atoms with van der Waals surface area (Å²) in [4.78, 5) is 32.9. The van der Waals surface area contributed by atoms with Crippen LogP contribution in [0.15, 0.2) is 12.2 Å². The summed E-state index contributed by atoms with van der Waals surface area (Å²) in [7, 11) is 0. The molecule has 0 saturated heterocycles. The van der Waals surface area contributed by atoms with Gasteiger partial charge in [0, 0.05) is 0 Å². The van der Waals surface area contributed by atoms with Gasteiger partial charge in [-0.25, -0.2) is 0 Å². The zero-order chi connectivity index (χ0) is 15.6. The third-order valence-corrected chi connectivity index (χ3v) is 3.02. The third-order valence-electron chi connectivity index (χ3n) is 3.02. The summed E-state index contributed by atoms with van der Waals surface area (Å²) in [6, 6.07) is 0. The number of aliphatic carboxylic acids is 3. The molecule has 0 spiro atoms. The Morgan fingerprint density at radius 2 is 1.50 bits per heavy atom. The summed E-state index contributed by atoms with van der Waals surface area (Å²) in [5.41, 5.74) is -1.87. The summed E-state index contributed by atoms with van der Waals surface area (Å²) in [5.74, 6) is -4.08. The molecule has 0 heterocycles. The van der Waals surface area contributed by atoms with Gasteiger partial charge in [-0.05, 0) is 12.8 Å². The predicted molar refractivity (Wildman–Crippen MR) is 72.5 cm³/mol. The second kappa shape index (κ2) is 9.12. The molecule has 0 aromatic rings. The number of carboxylic acid groups (broad SMARTS) is 3. The molecule has 0 aromatic heterocycles. The van der Waals surface area contributed by atoms with Crippen molar-refractivity contribution in [1.29, 1.82) is 0 Å². The Morgan fingerprint density at radius 3 is 1.90 bits per heavy atom. The molecule has 3 N–H and O–H groups in total. The third kappa shape index (κ3) is 6.92. The van der Waals surface area contributed by atoms with Gasteiger partial charge in [0.05, 0.1) is 12.8 Å². The van der Waals surface area contributed by atoms with Crippen molar-refractivity contribution >= 4 is 17.9 Å². The lowest BCUT2D eigenvalue weighted by Gasteiger charge is -2.22. The van der Waals surface area contributed by atoms with Gasteiger partial charge in [-0.3, -0.25) is 14.4 Å². The smallest absolute Gasteiger partial charge is 0.314 e. The Balaban J connectivity index is 4.81. The molecule has 0 aliphatic heterocycles. The Bertz CT molecular complexity index is 356. The van der Waals surface area contributed by atoms with Crippen LogP contribution in [0.25, 0.3) is 0 Å². The lowest BCUT2D eigenvalue weighted by molar-refractivity contribution is -0.157. The van der Waals surface area contributed by atoms with Crippen molar-refractivity contribution in [2.75, 3.05) is 0 Å². The molecule has 20 heavy (non-hydrogen) atoms. The fourth-order valence-electron chi connectivity index (χ4n) is 1.94. The Hall–Kier alpha value is -1.85. The highest BCUT2D eigenvalue weighted by Crippen LogP contribution is 2.30. The minimum absolute atomic E-state index is 0.619. The highest BCUT2D eigenvalue weighted by Gasteiger charge is 2.40. The van der Waals surface area contributed by atoms with Crippen LogP contribution in [0.3, 0.4) is 0 Å². The lowest BCUT2D eigenvalue weighted by Crippen LogP contribution is -2.34. The first-order chi connectivity index (χ1) is 9.34. The standard InChI is InChI=1S/C14H22O6/c1-2-3-4-5-6-7-8-14(13(19)20,9-11(15)16)10-12(17)18/h7-8H,2-6,9-10H2,1H3,(H,15,16)(H,17,18)(H,19,20). The molecule has 0 aliphatic rings. The van der Waals surface area contributed by atoms with E-state index in [9.17, 15) is 19.5 Å². The number of unbranched alkanes of at least 4 members (excludes halogenated alkanes) is 4. The second-order valence-corrected chi connectivity index (χ2v) is 4.85. The van der Waals surface area contributed by atoms with Gasteiger partial charge in [-0.2, -0.15) is 0 Å². The van der Waals surface area contributed by atoms with Crippen molar-refractivity contribution in [3.8, 4) is 0 Å². The van der Waals surface area contributed by atoms with Crippen molar-refractivity contribution < 1.29 is 29.7 Å². The van der Waals surface area contributed by atoms with E-state index in [4.69, 9.17) is 10.2 Å². The highest BCUT2D eigenvalue weighted by molar-refractivity contribution is 5.87. The van der Waals surface area contributed by atoms with E-state index in [-0.39, 0.29) is 0 Å². The van der Waals surface area contributed by atoms with Crippen LogP contribution in [0.1, 0.15) is 51.9 Å². The van der Waals surface area contributed by atoms with E-state index >= 15 is 0 Å². The number of rotatable bonds is 11. The quantitative estimate of drug-likeness (QED) is 0.397. The molecule has 114 valence electrons. The molecule has 0 aliphatic carbocycles. The Kier molecular flexibility index (Phi) is 8.27. The van der Waals surface area contributed by atoms with Crippen LogP contribution in [0.4, 0.5) is 0 Å². The summed E-state index contributed by atoms with van der Waals surface area (Å²) >= 11 is 0. The number of hydrogen-bond acceptors (Lipinski definition) is 3. The fraction of sp³-hybridized carbons (Fsp3) is 0.643. The van der Waals surface area contributed by atoms with Gasteiger partial charge in [0.2, 0.25) is 0 Å². The molecule has 0 amide bonds. The van der Waals surface area contributed by atoms with E-state index in [0.717, 1.165) is 25.7 Å². The summed E-state index contributed by atoms with van der Waals surface area (Å²) < 4.78 is 0. The van der Waals surface area contributed by atoms with Gasteiger partial charge in [0.15, 0.2) is 0 Å². The summed E-state index contributed by atoms with van der Waals surface area (Å²) in [6.45, 7) is 2.07. The first-order valence-electron chi connectivity index (χ1n) is 6.68. The van der Waals surface area contributed by atoms with Gasteiger partial charge in [-0.1, -0.05) is 38.3 Å². The van der Waals surface area contributed by atoms with E-state index in [1.54, 1.807) is 6.08 Å². The number of carboxylic acids is 3. The Morgan fingerprint density at radius 1 is 0.950 bits per heavy atom. The number of carbonyl (C=O) groups is 3. The van der Waals surface area contributed by atoms with E-state index in [1.807, 2.05) is 0 Å². The molecule has 6 heteroatoms. The molecule has 0 atom stereocenters. The highest BCUT2D eigenvalue weighted by atomic mass is 16.4. The van der Waals surface area contributed by atoms with Crippen molar-refractivity contribution in [3.05, 3.63) is 12.2 Å². The van der Waals surface area contributed by atoms with Gasteiger partial charge in [0.1, 0.15) is 5.41 Å². The molecule has 6 nitrogen and oxygen atoms in total. The van der Waals surface area contributed by atoms with Crippen molar-refractivity contribution in [2.24, 2.45) is 5.41 Å². The maximum absolute atomic E-state index is 11.3. The van der Waals surface area contributed by atoms with Crippen LogP contribution in [-0.4, -0.2) is 33.2 Å². The molecule has 0 saturated carbocycles. The predicted octanol–water partition coefficient (Wildman–Crippen LogP) is 2.53. The lowest BCUT2D eigenvalue weighted by atomic mass is 9.80. The average molecular weight is 286 g/mol. The Labute approximate surface area is 118 Å². The topological polar surface area (TPSA) is 112 Å². The van der Waals surface area contributed by atoms with Crippen LogP contribution in [0.2, 0.25) is 0 Å². The minimum atomic E-state index is -1.87. The van der Waals surface area contributed by atoms with Crippen LogP contribution < -0.4 is 0 Å². The van der Waals surface area contributed by atoms with Crippen LogP contribution in [-0.2, 0) is 14.4 Å². The summed E-state index contributed by atoms with van der Waals surface area (Å²) in [5, 5.41) is 26.8.